The van der Waals surface area contributed by atoms with Crippen molar-refractivity contribution < 1.29 is 9.66 Å². The Morgan fingerprint density at radius 1 is 1.34 bits per heavy atom. The molecule has 1 aliphatic carbocycles. The van der Waals surface area contributed by atoms with Crippen molar-refractivity contribution in [2.75, 3.05) is 24.2 Å². The van der Waals surface area contributed by atoms with Gasteiger partial charge in [0.15, 0.2) is 0 Å². The van der Waals surface area contributed by atoms with E-state index in [4.69, 9.17) is 15.8 Å². The molecule has 7 nitrogen and oxygen atoms in total. The molecule has 1 atom stereocenters. The molecule has 4 N–H and O–H groups in total. The Bertz CT molecular complexity index is 1000. The number of pyridine rings is 1. The first kappa shape index (κ1) is 20.3. The summed E-state index contributed by atoms with van der Waals surface area (Å²) >= 11 is 0.382. The van der Waals surface area contributed by atoms with Gasteiger partial charge in [0, 0.05) is 41.1 Å². The zero-order valence-corrected chi connectivity index (χ0v) is 18.1. The quantitative estimate of drug-likeness (QED) is 0.489. The molecular weight excluding hydrogens is 406 g/mol. The van der Waals surface area contributed by atoms with Crippen LogP contribution in [0.2, 0.25) is 0 Å². The second-order valence-corrected chi connectivity index (χ2v) is 10.5. The molecule has 0 saturated heterocycles. The summed E-state index contributed by atoms with van der Waals surface area (Å²) in [6, 6.07) is 2.03. The number of hydrogen-bond donors (Lipinski definition) is 3. The number of nitrogens with one attached hydrogen (secondary N) is 1. The van der Waals surface area contributed by atoms with Crippen molar-refractivity contribution in [3.8, 4) is 11.3 Å². The minimum Gasteiger partial charge on any atom is -0.611 e. The van der Waals surface area contributed by atoms with Crippen molar-refractivity contribution in [3.63, 3.8) is 0 Å². The van der Waals surface area contributed by atoms with Crippen molar-refractivity contribution in [1.82, 2.24) is 15.0 Å². The van der Waals surface area contributed by atoms with E-state index in [1.54, 1.807) is 12.4 Å². The molecule has 0 bridgehead atoms. The predicted octanol–water partition coefficient (Wildman–Crippen LogP) is 3.52. The number of rotatable bonds is 7. The van der Waals surface area contributed by atoms with E-state index >= 15 is 0 Å². The number of anilines is 2. The Hall–Kier alpha value is -1.94. The normalized spacial score (nSPS) is 15.6. The van der Waals surface area contributed by atoms with E-state index in [1.165, 1.54) is 11.3 Å². The molecule has 0 radical (unpaired) electrons. The molecule has 154 valence electrons. The van der Waals surface area contributed by atoms with Crippen molar-refractivity contribution >= 4 is 44.4 Å². The molecule has 3 aromatic heterocycles. The standard InChI is InChI=1S/C20H25N5O2S2/c1-11(2)14-8-15(12-9-23-20(24-10-12)22-6-7-26)25-18-16(14)17(21)19(28-18)29(27)13-4-3-5-13/h8-11,13,26H,3-7,21H2,1-2H3,(H,22,23,24)/t29-/m1/s1. The molecule has 1 aliphatic rings. The topological polar surface area (TPSA) is 120 Å². The van der Waals surface area contributed by atoms with Crippen LogP contribution in [0.25, 0.3) is 21.5 Å². The Kier molecular flexibility index (Phi) is 5.91. The number of aliphatic hydroxyl groups excluding tert-OH is 1. The van der Waals surface area contributed by atoms with E-state index in [9.17, 15) is 4.55 Å². The SMILES string of the molecule is CC(C)c1cc(-c2cnc(NCCO)nc2)nc2sc([S@+]([O-])C3CCC3)c(N)c12. The predicted molar refractivity (Wildman–Crippen MR) is 119 cm³/mol. The first-order valence-corrected chi connectivity index (χ1v) is 11.8. The molecule has 4 rings (SSSR count). The van der Waals surface area contributed by atoms with Crippen molar-refractivity contribution in [3.05, 3.63) is 24.0 Å². The number of thiophene rings is 1. The van der Waals surface area contributed by atoms with Crippen LogP contribution in [0.15, 0.2) is 22.7 Å². The Morgan fingerprint density at radius 3 is 2.66 bits per heavy atom. The lowest BCUT2D eigenvalue weighted by Crippen LogP contribution is -2.28. The third kappa shape index (κ3) is 3.92. The maximum atomic E-state index is 12.9. The van der Waals surface area contributed by atoms with Crippen LogP contribution in [0.5, 0.6) is 0 Å². The number of nitrogens with zero attached hydrogens (tertiary/aromatic N) is 3. The van der Waals surface area contributed by atoms with Crippen LogP contribution in [0.4, 0.5) is 11.6 Å². The van der Waals surface area contributed by atoms with Gasteiger partial charge in [-0.3, -0.25) is 0 Å². The minimum atomic E-state index is -1.06. The molecule has 3 heterocycles. The maximum absolute atomic E-state index is 12.9. The molecular formula is C20H25N5O2S2. The smallest absolute Gasteiger partial charge is 0.232 e. The molecule has 1 fully saturated rings. The molecule has 0 aliphatic heterocycles. The zero-order valence-electron chi connectivity index (χ0n) is 16.5. The van der Waals surface area contributed by atoms with E-state index in [0.717, 1.165) is 50.5 Å². The van der Waals surface area contributed by atoms with Gasteiger partial charge >= 0.3 is 0 Å². The van der Waals surface area contributed by atoms with E-state index in [-0.39, 0.29) is 17.8 Å². The van der Waals surface area contributed by atoms with Gasteiger partial charge in [-0.1, -0.05) is 25.2 Å². The lowest BCUT2D eigenvalue weighted by atomic mass is 9.98. The highest BCUT2D eigenvalue weighted by molar-refractivity contribution is 7.94. The molecule has 3 aromatic rings. The average molecular weight is 432 g/mol. The Labute approximate surface area is 177 Å². The summed E-state index contributed by atoms with van der Waals surface area (Å²) in [5.74, 6) is 0.707. The monoisotopic (exact) mass is 431 g/mol. The van der Waals surface area contributed by atoms with E-state index in [1.807, 2.05) is 6.07 Å². The lowest BCUT2D eigenvalue weighted by Gasteiger charge is -2.27. The van der Waals surface area contributed by atoms with Crippen molar-refractivity contribution in [2.45, 2.75) is 48.5 Å². The first-order chi connectivity index (χ1) is 14.0. The second-order valence-electron chi connectivity index (χ2n) is 7.53. The molecule has 0 aromatic carbocycles. The number of aliphatic hydroxyl groups is 1. The van der Waals surface area contributed by atoms with Gasteiger partial charge in [0.25, 0.3) is 0 Å². The van der Waals surface area contributed by atoms with E-state index < -0.39 is 11.2 Å². The van der Waals surface area contributed by atoms with Crippen LogP contribution in [0.3, 0.4) is 0 Å². The Balaban J connectivity index is 1.76. The zero-order chi connectivity index (χ0) is 20.5. The second kappa shape index (κ2) is 8.43. The maximum Gasteiger partial charge on any atom is 0.232 e. The fourth-order valence-corrected chi connectivity index (χ4v) is 6.56. The fourth-order valence-electron chi connectivity index (χ4n) is 3.34. The highest BCUT2D eigenvalue weighted by Crippen LogP contribution is 2.44. The highest BCUT2D eigenvalue weighted by atomic mass is 32.2. The van der Waals surface area contributed by atoms with Gasteiger partial charge < -0.3 is 20.7 Å². The summed E-state index contributed by atoms with van der Waals surface area (Å²) in [7, 11) is 0. The first-order valence-electron chi connectivity index (χ1n) is 9.80. The average Bonchev–Trinajstić information content (AvgIpc) is 3.01. The number of fused-ring (bicyclic) bond motifs is 1. The molecule has 0 spiro atoms. The van der Waals surface area contributed by atoms with E-state index in [0.29, 0.717) is 18.2 Å². The van der Waals surface area contributed by atoms with Crippen LogP contribution in [-0.4, -0.2) is 43.0 Å². The summed E-state index contributed by atoms with van der Waals surface area (Å²) in [6.07, 6.45) is 6.59. The van der Waals surface area contributed by atoms with Gasteiger partial charge in [-0.15, -0.1) is 0 Å². The van der Waals surface area contributed by atoms with Gasteiger partial charge in [0.05, 0.1) is 12.3 Å². The van der Waals surface area contributed by atoms with Gasteiger partial charge in [-0.05, 0) is 36.8 Å². The van der Waals surface area contributed by atoms with Crippen LogP contribution in [-0.2, 0) is 11.2 Å². The number of nitrogen functional groups attached to an aromatic ring is 1. The number of nitrogens with two attached hydrogens (primary N) is 1. The van der Waals surface area contributed by atoms with Gasteiger partial charge in [-0.2, -0.15) is 0 Å². The van der Waals surface area contributed by atoms with Crippen LogP contribution in [0, 0.1) is 0 Å². The van der Waals surface area contributed by atoms with E-state index in [2.05, 4.69) is 29.1 Å². The number of hydrogen-bond acceptors (Lipinski definition) is 8. The summed E-state index contributed by atoms with van der Waals surface area (Å²) in [5.41, 5.74) is 9.77. The summed E-state index contributed by atoms with van der Waals surface area (Å²) in [6.45, 7) is 4.66. The fraction of sp³-hybridized carbons (Fsp3) is 0.450. The van der Waals surface area contributed by atoms with Gasteiger partial charge in [0.2, 0.25) is 10.2 Å². The largest absolute Gasteiger partial charge is 0.611 e. The Morgan fingerprint density at radius 2 is 2.07 bits per heavy atom. The number of aromatic nitrogens is 3. The highest BCUT2D eigenvalue weighted by Gasteiger charge is 2.35. The summed E-state index contributed by atoms with van der Waals surface area (Å²) in [5, 5.41) is 13.0. The van der Waals surface area contributed by atoms with Crippen LogP contribution >= 0.6 is 11.3 Å². The molecule has 1 saturated carbocycles. The molecule has 29 heavy (non-hydrogen) atoms. The molecule has 0 amide bonds. The van der Waals surface area contributed by atoms with Gasteiger partial charge in [-0.25, -0.2) is 15.0 Å². The van der Waals surface area contributed by atoms with Gasteiger partial charge in [0.1, 0.15) is 15.8 Å². The van der Waals surface area contributed by atoms with Crippen LogP contribution in [0.1, 0.15) is 44.6 Å². The summed E-state index contributed by atoms with van der Waals surface area (Å²) < 4.78 is 13.7. The van der Waals surface area contributed by atoms with Crippen molar-refractivity contribution in [1.29, 1.82) is 0 Å². The molecule has 9 heteroatoms. The van der Waals surface area contributed by atoms with Crippen LogP contribution < -0.4 is 11.1 Å². The van der Waals surface area contributed by atoms with Crippen molar-refractivity contribution in [2.24, 2.45) is 0 Å². The third-order valence-corrected chi connectivity index (χ3v) is 8.50. The summed E-state index contributed by atoms with van der Waals surface area (Å²) in [4.78, 5) is 14.2. The third-order valence-electron chi connectivity index (χ3n) is 5.20. The molecule has 0 unspecified atom stereocenters. The lowest BCUT2D eigenvalue weighted by molar-refractivity contribution is 0.311. The minimum absolute atomic E-state index is 0.0193.